The van der Waals surface area contributed by atoms with E-state index in [-0.39, 0.29) is 0 Å². The third-order valence-electron chi connectivity index (χ3n) is 5.06. The van der Waals surface area contributed by atoms with E-state index in [4.69, 9.17) is 0 Å². The summed E-state index contributed by atoms with van der Waals surface area (Å²) < 4.78 is 0. The number of unbranched alkanes of at least 4 members (excludes halogenated alkanes) is 1. The van der Waals surface area contributed by atoms with Crippen LogP contribution in [0.3, 0.4) is 0 Å². The Bertz CT molecular complexity index is 503. The highest BCUT2D eigenvalue weighted by Gasteiger charge is 2.26. The van der Waals surface area contributed by atoms with Crippen LogP contribution in [0.2, 0.25) is 0 Å². The van der Waals surface area contributed by atoms with Gasteiger partial charge in [0.25, 0.3) is 0 Å². The van der Waals surface area contributed by atoms with Gasteiger partial charge in [-0.3, -0.25) is 4.79 Å². The molecule has 1 atom stereocenters. The van der Waals surface area contributed by atoms with Crippen LogP contribution in [0.5, 0.6) is 0 Å². The van der Waals surface area contributed by atoms with E-state index in [0.29, 0.717) is 18.2 Å². The molecule has 0 heterocycles. The Morgan fingerprint density at radius 3 is 2.52 bits per heavy atom. The number of fused-ring (bicyclic) bond motifs is 1. The van der Waals surface area contributed by atoms with Crippen molar-refractivity contribution in [3.8, 4) is 0 Å². The summed E-state index contributed by atoms with van der Waals surface area (Å²) in [6.07, 6.45) is 8.63. The molecule has 0 saturated carbocycles. The molecule has 1 aromatic carbocycles. The zero-order valence-electron chi connectivity index (χ0n) is 15.2. The molecular weight excluding hydrogens is 282 g/mol. The molecule has 0 amide bonds. The van der Waals surface area contributed by atoms with E-state index < -0.39 is 0 Å². The lowest BCUT2D eigenvalue weighted by atomic mass is 9.83. The number of ketones is 1. The zero-order chi connectivity index (χ0) is 16.7. The number of carbonyl (C=O) groups excluding carboxylic acids is 1. The quantitative estimate of drug-likeness (QED) is 0.595. The summed E-state index contributed by atoms with van der Waals surface area (Å²) in [6, 6.07) is 6.98. The van der Waals surface area contributed by atoms with Crippen molar-refractivity contribution in [2.75, 3.05) is 13.1 Å². The van der Waals surface area contributed by atoms with Crippen molar-refractivity contribution in [1.82, 2.24) is 4.90 Å². The van der Waals surface area contributed by atoms with Crippen molar-refractivity contribution in [2.24, 2.45) is 0 Å². The van der Waals surface area contributed by atoms with E-state index in [1.54, 1.807) is 0 Å². The van der Waals surface area contributed by atoms with Crippen molar-refractivity contribution in [1.29, 1.82) is 0 Å². The molecule has 0 aliphatic heterocycles. The third kappa shape index (κ3) is 4.67. The molecule has 0 bridgehead atoms. The predicted octanol–water partition coefficient (Wildman–Crippen LogP) is 5.04. The summed E-state index contributed by atoms with van der Waals surface area (Å²) in [6.45, 7) is 9.04. The van der Waals surface area contributed by atoms with Gasteiger partial charge in [-0.1, -0.05) is 45.4 Å². The predicted molar refractivity (Wildman–Crippen MR) is 98.3 cm³/mol. The molecule has 2 rings (SSSR count). The van der Waals surface area contributed by atoms with Crippen molar-refractivity contribution in [2.45, 2.75) is 78.2 Å². The van der Waals surface area contributed by atoms with Gasteiger partial charge in [0.1, 0.15) is 0 Å². The summed E-state index contributed by atoms with van der Waals surface area (Å²) >= 11 is 0. The maximum Gasteiger partial charge on any atom is 0.163 e. The fourth-order valence-electron chi connectivity index (χ4n) is 3.87. The van der Waals surface area contributed by atoms with Gasteiger partial charge < -0.3 is 4.90 Å². The van der Waals surface area contributed by atoms with E-state index >= 15 is 0 Å². The summed E-state index contributed by atoms with van der Waals surface area (Å²) in [4.78, 5) is 15.2. The third-order valence-corrected chi connectivity index (χ3v) is 5.06. The van der Waals surface area contributed by atoms with Gasteiger partial charge in [-0.25, -0.2) is 0 Å². The maximum absolute atomic E-state index is 12.6. The molecule has 0 fully saturated rings. The van der Waals surface area contributed by atoms with Gasteiger partial charge in [0.2, 0.25) is 0 Å². The monoisotopic (exact) mass is 315 g/mol. The SMILES string of the molecule is CCCCC(=O)c1cccc2c1CC(N(CCC)CCC)CC2. The molecule has 0 saturated heterocycles. The van der Waals surface area contributed by atoms with Crippen molar-refractivity contribution >= 4 is 5.78 Å². The second-order valence-corrected chi connectivity index (χ2v) is 6.90. The fourth-order valence-corrected chi connectivity index (χ4v) is 3.87. The molecule has 0 aromatic heterocycles. The number of nitrogens with zero attached hydrogens (tertiary/aromatic N) is 1. The maximum atomic E-state index is 12.6. The van der Waals surface area contributed by atoms with Gasteiger partial charge in [-0.05, 0) is 62.7 Å². The van der Waals surface area contributed by atoms with Crippen LogP contribution in [0.15, 0.2) is 18.2 Å². The Morgan fingerprint density at radius 1 is 1.13 bits per heavy atom. The molecule has 128 valence electrons. The minimum atomic E-state index is 0.349. The first-order chi connectivity index (χ1) is 11.2. The van der Waals surface area contributed by atoms with Crippen LogP contribution in [0.4, 0.5) is 0 Å². The normalized spacial score (nSPS) is 17.3. The molecule has 2 heteroatoms. The Hall–Kier alpha value is -1.15. The smallest absolute Gasteiger partial charge is 0.163 e. The molecule has 2 nitrogen and oxygen atoms in total. The summed E-state index contributed by atoms with van der Waals surface area (Å²) in [7, 11) is 0. The molecule has 1 unspecified atom stereocenters. The van der Waals surface area contributed by atoms with Gasteiger partial charge in [0.05, 0.1) is 0 Å². The fraction of sp³-hybridized carbons (Fsp3) is 0.667. The second kappa shape index (κ2) is 9.22. The van der Waals surface area contributed by atoms with Gasteiger partial charge in [-0.15, -0.1) is 0 Å². The highest BCUT2D eigenvalue weighted by atomic mass is 16.1. The van der Waals surface area contributed by atoms with Crippen molar-refractivity contribution < 1.29 is 4.79 Å². The standard InChI is InChI=1S/C21H33NO/c1-4-7-11-21(23)19-10-8-9-17-12-13-18(16-20(17)19)22(14-5-2)15-6-3/h8-10,18H,4-7,11-16H2,1-3H3. The molecule has 1 aliphatic rings. The van der Waals surface area contributed by atoms with Crippen LogP contribution in [-0.2, 0) is 12.8 Å². The lowest BCUT2D eigenvalue weighted by Gasteiger charge is -2.35. The zero-order valence-corrected chi connectivity index (χ0v) is 15.2. The molecule has 0 N–H and O–H groups in total. The lowest BCUT2D eigenvalue weighted by Crippen LogP contribution is -2.40. The number of carbonyl (C=O) groups is 1. The largest absolute Gasteiger partial charge is 0.300 e. The summed E-state index contributed by atoms with van der Waals surface area (Å²) in [5.41, 5.74) is 3.77. The Labute approximate surface area is 142 Å². The first kappa shape index (κ1) is 18.2. The highest BCUT2D eigenvalue weighted by Crippen LogP contribution is 2.28. The Kier molecular flexibility index (Phi) is 7.29. The van der Waals surface area contributed by atoms with E-state index in [1.807, 2.05) is 0 Å². The Balaban J connectivity index is 2.19. The molecule has 1 aliphatic carbocycles. The van der Waals surface area contributed by atoms with Gasteiger partial charge >= 0.3 is 0 Å². The number of hydrogen-bond donors (Lipinski definition) is 0. The lowest BCUT2D eigenvalue weighted by molar-refractivity contribution is 0.0977. The number of aryl methyl sites for hydroxylation is 1. The van der Waals surface area contributed by atoms with Crippen LogP contribution in [0.25, 0.3) is 0 Å². The summed E-state index contributed by atoms with van der Waals surface area (Å²) in [5, 5.41) is 0. The number of hydrogen-bond acceptors (Lipinski definition) is 2. The van der Waals surface area contributed by atoms with E-state index in [1.165, 1.54) is 43.5 Å². The van der Waals surface area contributed by atoms with Gasteiger partial charge in [0, 0.05) is 18.0 Å². The first-order valence-corrected chi connectivity index (χ1v) is 9.59. The molecule has 1 aromatic rings. The average Bonchev–Trinajstić information content (AvgIpc) is 2.58. The van der Waals surface area contributed by atoms with E-state index in [9.17, 15) is 4.79 Å². The number of rotatable bonds is 9. The van der Waals surface area contributed by atoms with Gasteiger partial charge in [0.15, 0.2) is 5.78 Å². The van der Waals surface area contributed by atoms with Crippen molar-refractivity contribution in [3.63, 3.8) is 0 Å². The molecule has 0 radical (unpaired) electrons. The number of benzene rings is 1. The summed E-state index contributed by atoms with van der Waals surface area (Å²) in [5.74, 6) is 0.349. The minimum Gasteiger partial charge on any atom is -0.300 e. The van der Waals surface area contributed by atoms with Crippen LogP contribution >= 0.6 is 0 Å². The molecule has 23 heavy (non-hydrogen) atoms. The number of Topliss-reactive ketones (excluding diaryl/α,β-unsaturated/α-hetero) is 1. The van der Waals surface area contributed by atoms with E-state index in [2.05, 4.69) is 43.9 Å². The molecule has 0 spiro atoms. The highest BCUT2D eigenvalue weighted by molar-refractivity contribution is 5.97. The van der Waals surface area contributed by atoms with Crippen molar-refractivity contribution in [3.05, 3.63) is 34.9 Å². The Morgan fingerprint density at radius 2 is 1.87 bits per heavy atom. The van der Waals surface area contributed by atoms with Crippen LogP contribution in [0, 0.1) is 0 Å². The van der Waals surface area contributed by atoms with Crippen LogP contribution in [0.1, 0.15) is 80.8 Å². The second-order valence-electron chi connectivity index (χ2n) is 6.90. The van der Waals surface area contributed by atoms with Crippen LogP contribution in [-0.4, -0.2) is 29.8 Å². The van der Waals surface area contributed by atoms with E-state index in [0.717, 1.165) is 31.2 Å². The average molecular weight is 316 g/mol. The topological polar surface area (TPSA) is 20.3 Å². The van der Waals surface area contributed by atoms with Gasteiger partial charge in [-0.2, -0.15) is 0 Å². The minimum absolute atomic E-state index is 0.349. The van der Waals surface area contributed by atoms with Crippen LogP contribution < -0.4 is 0 Å². The first-order valence-electron chi connectivity index (χ1n) is 9.59. The molecular formula is C21H33NO.